The maximum Gasteiger partial charge on any atom is 0.344 e. The van der Waals surface area contributed by atoms with Gasteiger partial charge in [-0.05, 0) is 23.3 Å². The SMILES string of the molecule is O=c1oc(-c2ccccc2)c(C#Cc2ccccc2)c(-c2ccccc2)c1-c1ccccc1. The predicted molar refractivity (Wildman–Crippen MR) is 134 cm³/mol. The zero-order chi connectivity index (χ0) is 22.5. The van der Waals surface area contributed by atoms with E-state index in [0.717, 1.165) is 27.8 Å². The molecule has 0 spiro atoms. The Morgan fingerprint density at radius 2 is 0.939 bits per heavy atom. The summed E-state index contributed by atoms with van der Waals surface area (Å²) in [5, 5.41) is 0. The molecule has 1 heterocycles. The molecular weight excluding hydrogens is 404 g/mol. The van der Waals surface area contributed by atoms with Gasteiger partial charge in [-0.15, -0.1) is 0 Å². The van der Waals surface area contributed by atoms with Crippen molar-refractivity contribution in [3.63, 3.8) is 0 Å². The van der Waals surface area contributed by atoms with E-state index in [2.05, 4.69) is 11.8 Å². The van der Waals surface area contributed by atoms with Crippen molar-refractivity contribution >= 4 is 0 Å². The van der Waals surface area contributed by atoms with Crippen molar-refractivity contribution < 1.29 is 4.42 Å². The van der Waals surface area contributed by atoms with Gasteiger partial charge in [0.25, 0.3) is 0 Å². The number of rotatable bonds is 3. The van der Waals surface area contributed by atoms with Crippen molar-refractivity contribution in [2.45, 2.75) is 0 Å². The van der Waals surface area contributed by atoms with Crippen molar-refractivity contribution in [2.75, 3.05) is 0 Å². The highest BCUT2D eigenvalue weighted by Crippen LogP contribution is 2.37. The number of benzene rings is 4. The minimum absolute atomic E-state index is 0.385. The first-order valence-corrected chi connectivity index (χ1v) is 10.8. The standard InChI is InChI=1S/C31H20O2/c32-31-29(25-17-9-3-10-18-25)28(24-15-7-2-8-16-24)27(22-21-23-13-5-1-6-14-23)30(33-31)26-19-11-4-12-20-26/h1-20H. The molecule has 0 aliphatic heterocycles. The summed E-state index contributed by atoms with van der Waals surface area (Å²) in [7, 11) is 0. The first-order valence-electron chi connectivity index (χ1n) is 10.8. The molecule has 2 nitrogen and oxygen atoms in total. The van der Waals surface area contributed by atoms with Crippen LogP contribution in [-0.4, -0.2) is 0 Å². The highest BCUT2D eigenvalue weighted by atomic mass is 16.4. The summed E-state index contributed by atoms with van der Waals surface area (Å²) in [4.78, 5) is 13.4. The minimum Gasteiger partial charge on any atom is -0.421 e. The smallest absolute Gasteiger partial charge is 0.344 e. The fourth-order valence-electron chi connectivity index (χ4n) is 3.86. The Kier molecular flexibility index (Phi) is 5.70. The van der Waals surface area contributed by atoms with Gasteiger partial charge in [0.05, 0.1) is 11.1 Å². The summed E-state index contributed by atoms with van der Waals surface area (Å²) in [5.74, 6) is 7.09. The minimum atomic E-state index is -0.385. The summed E-state index contributed by atoms with van der Waals surface area (Å²) < 4.78 is 5.97. The fraction of sp³-hybridized carbons (Fsp3) is 0. The van der Waals surface area contributed by atoms with Crippen LogP contribution in [0.5, 0.6) is 0 Å². The lowest BCUT2D eigenvalue weighted by atomic mass is 9.90. The van der Waals surface area contributed by atoms with Gasteiger partial charge in [-0.3, -0.25) is 0 Å². The van der Waals surface area contributed by atoms with Gasteiger partial charge in [-0.2, -0.15) is 0 Å². The Balaban J connectivity index is 1.89. The summed E-state index contributed by atoms with van der Waals surface area (Å²) in [6.07, 6.45) is 0. The maximum atomic E-state index is 13.4. The highest BCUT2D eigenvalue weighted by Gasteiger charge is 2.22. The van der Waals surface area contributed by atoms with Crippen LogP contribution in [0.25, 0.3) is 33.6 Å². The van der Waals surface area contributed by atoms with Crippen LogP contribution in [0.2, 0.25) is 0 Å². The second-order valence-corrected chi connectivity index (χ2v) is 7.56. The molecule has 0 saturated heterocycles. The van der Waals surface area contributed by atoms with Crippen LogP contribution in [-0.2, 0) is 0 Å². The molecule has 4 aromatic carbocycles. The van der Waals surface area contributed by atoms with Gasteiger partial charge in [-0.1, -0.05) is 121 Å². The van der Waals surface area contributed by atoms with E-state index in [1.807, 2.05) is 121 Å². The zero-order valence-electron chi connectivity index (χ0n) is 17.9. The molecule has 0 radical (unpaired) electrons. The Morgan fingerprint density at radius 1 is 0.485 bits per heavy atom. The Labute approximate surface area is 192 Å². The Hall–Kier alpha value is -4.61. The molecule has 2 heteroatoms. The molecule has 0 aliphatic carbocycles. The molecule has 5 aromatic rings. The fourth-order valence-corrected chi connectivity index (χ4v) is 3.86. The number of hydrogen-bond acceptors (Lipinski definition) is 2. The molecule has 0 saturated carbocycles. The molecule has 156 valence electrons. The molecule has 33 heavy (non-hydrogen) atoms. The second-order valence-electron chi connectivity index (χ2n) is 7.56. The monoisotopic (exact) mass is 424 g/mol. The van der Waals surface area contributed by atoms with Crippen molar-refractivity contribution in [3.8, 4) is 45.4 Å². The van der Waals surface area contributed by atoms with Gasteiger partial charge >= 0.3 is 5.63 Å². The first-order chi connectivity index (χ1) is 16.3. The first kappa shape index (κ1) is 20.3. The molecule has 0 fully saturated rings. The zero-order valence-corrected chi connectivity index (χ0v) is 17.9. The van der Waals surface area contributed by atoms with Gasteiger partial charge < -0.3 is 4.42 Å². The van der Waals surface area contributed by atoms with E-state index in [-0.39, 0.29) is 5.63 Å². The largest absolute Gasteiger partial charge is 0.421 e. The van der Waals surface area contributed by atoms with Crippen molar-refractivity contribution in [1.82, 2.24) is 0 Å². The van der Waals surface area contributed by atoms with E-state index < -0.39 is 0 Å². The Morgan fingerprint density at radius 3 is 1.48 bits per heavy atom. The van der Waals surface area contributed by atoms with Gasteiger partial charge in [-0.25, -0.2) is 4.79 Å². The molecule has 1 aromatic heterocycles. The molecule has 0 amide bonds. The molecule has 5 rings (SSSR count). The predicted octanol–water partition coefficient (Wildman–Crippen LogP) is 7.04. The van der Waals surface area contributed by atoms with Crippen molar-refractivity contribution in [2.24, 2.45) is 0 Å². The molecule has 0 atom stereocenters. The van der Waals surface area contributed by atoms with E-state index in [0.29, 0.717) is 16.9 Å². The van der Waals surface area contributed by atoms with Crippen LogP contribution in [0, 0.1) is 11.8 Å². The summed E-state index contributed by atoms with van der Waals surface area (Å²) in [6.45, 7) is 0. The summed E-state index contributed by atoms with van der Waals surface area (Å²) in [5.41, 5.74) is 5.01. The van der Waals surface area contributed by atoms with Gasteiger partial charge in [0, 0.05) is 16.7 Å². The van der Waals surface area contributed by atoms with Crippen molar-refractivity contribution in [1.29, 1.82) is 0 Å². The van der Waals surface area contributed by atoms with Gasteiger partial charge in [0.2, 0.25) is 0 Å². The molecule has 0 aliphatic rings. The summed E-state index contributed by atoms with van der Waals surface area (Å²) >= 11 is 0. The Bertz CT molecular complexity index is 1490. The lowest BCUT2D eigenvalue weighted by Crippen LogP contribution is -2.09. The third-order valence-electron chi connectivity index (χ3n) is 5.39. The lowest BCUT2D eigenvalue weighted by molar-refractivity contribution is 0.527. The van der Waals surface area contributed by atoms with Crippen LogP contribution in [0.1, 0.15) is 11.1 Å². The van der Waals surface area contributed by atoms with Crippen LogP contribution >= 0.6 is 0 Å². The van der Waals surface area contributed by atoms with Crippen LogP contribution < -0.4 is 5.63 Å². The van der Waals surface area contributed by atoms with Crippen LogP contribution in [0.4, 0.5) is 0 Å². The van der Waals surface area contributed by atoms with Crippen molar-refractivity contribution in [3.05, 3.63) is 143 Å². The average Bonchev–Trinajstić information content (AvgIpc) is 2.89. The summed E-state index contributed by atoms with van der Waals surface area (Å²) in [6, 6.07) is 39.0. The third kappa shape index (κ3) is 4.26. The van der Waals surface area contributed by atoms with E-state index in [9.17, 15) is 4.79 Å². The van der Waals surface area contributed by atoms with E-state index in [4.69, 9.17) is 4.42 Å². The second kappa shape index (κ2) is 9.26. The van der Waals surface area contributed by atoms with E-state index in [1.54, 1.807) is 0 Å². The molecule has 0 bridgehead atoms. The van der Waals surface area contributed by atoms with Crippen LogP contribution in [0.15, 0.2) is 131 Å². The highest BCUT2D eigenvalue weighted by molar-refractivity contribution is 5.90. The van der Waals surface area contributed by atoms with Gasteiger partial charge in [0.15, 0.2) is 5.76 Å². The van der Waals surface area contributed by atoms with E-state index >= 15 is 0 Å². The van der Waals surface area contributed by atoms with Crippen LogP contribution in [0.3, 0.4) is 0 Å². The molecule has 0 unspecified atom stereocenters. The maximum absolute atomic E-state index is 13.4. The van der Waals surface area contributed by atoms with E-state index in [1.165, 1.54) is 0 Å². The quantitative estimate of drug-likeness (QED) is 0.291. The molecular formula is C31H20O2. The topological polar surface area (TPSA) is 30.2 Å². The normalized spacial score (nSPS) is 10.3. The third-order valence-corrected chi connectivity index (χ3v) is 5.39. The lowest BCUT2D eigenvalue weighted by Gasteiger charge is -2.15. The molecule has 0 N–H and O–H groups in total. The number of hydrogen-bond donors (Lipinski definition) is 0. The van der Waals surface area contributed by atoms with Gasteiger partial charge in [0.1, 0.15) is 0 Å². The average molecular weight is 424 g/mol.